The number of likely N-dealkylation sites (N-methyl/N-ethyl adjacent to an activating group) is 1. The molecule has 0 bridgehead atoms. The monoisotopic (exact) mass is 196 g/mol. The van der Waals surface area contributed by atoms with E-state index < -0.39 is 0 Å². The summed E-state index contributed by atoms with van der Waals surface area (Å²) in [5.74, 6) is 1.09. The second kappa shape index (κ2) is 3.45. The van der Waals surface area contributed by atoms with Crippen LogP contribution in [0.25, 0.3) is 0 Å². The largest absolute Gasteiger partial charge is 0.368 e. The van der Waals surface area contributed by atoms with Crippen molar-refractivity contribution in [1.29, 1.82) is 0 Å². The Kier molecular flexibility index (Phi) is 2.28. The van der Waals surface area contributed by atoms with E-state index in [9.17, 15) is 0 Å². The molecule has 6 nitrogen and oxygen atoms in total. The summed E-state index contributed by atoms with van der Waals surface area (Å²) in [6, 6.07) is 0.434. The van der Waals surface area contributed by atoms with E-state index in [1.54, 1.807) is 0 Å². The minimum absolute atomic E-state index is 0.381. The van der Waals surface area contributed by atoms with Crippen LogP contribution in [0.2, 0.25) is 0 Å². The topological polar surface area (TPSA) is 74.1 Å². The number of H-pyrrole nitrogens is 1. The van der Waals surface area contributed by atoms with Gasteiger partial charge in [-0.3, -0.25) is 0 Å². The first kappa shape index (κ1) is 9.26. The summed E-state index contributed by atoms with van der Waals surface area (Å²) in [4.78, 5) is 8.60. The highest BCUT2D eigenvalue weighted by atomic mass is 15.4. The maximum atomic E-state index is 5.49. The first-order valence-corrected chi connectivity index (χ1v) is 4.80. The van der Waals surface area contributed by atoms with E-state index in [1.807, 2.05) is 0 Å². The fourth-order valence-electron chi connectivity index (χ4n) is 1.83. The van der Waals surface area contributed by atoms with Crippen molar-refractivity contribution in [2.75, 3.05) is 37.3 Å². The van der Waals surface area contributed by atoms with Crippen molar-refractivity contribution >= 4 is 11.9 Å². The first-order valence-electron chi connectivity index (χ1n) is 4.80. The molecule has 0 saturated carbocycles. The lowest BCUT2D eigenvalue weighted by molar-refractivity contribution is 0.273. The third kappa shape index (κ3) is 1.65. The van der Waals surface area contributed by atoms with E-state index in [2.05, 4.69) is 39.0 Å². The van der Waals surface area contributed by atoms with Crippen LogP contribution in [0.3, 0.4) is 0 Å². The zero-order chi connectivity index (χ0) is 10.1. The maximum Gasteiger partial charge on any atom is 0.246 e. The van der Waals surface area contributed by atoms with Crippen LogP contribution < -0.4 is 10.6 Å². The van der Waals surface area contributed by atoms with Gasteiger partial charge in [-0.2, -0.15) is 4.98 Å². The fraction of sp³-hybridized carbons (Fsp3) is 0.750. The number of nitrogens with two attached hydrogens (primary N) is 1. The third-order valence-electron chi connectivity index (χ3n) is 2.58. The molecule has 1 aliphatic rings. The van der Waals surface area contributed by atoms with E-state index in [1.165, 1.54) is 0 Å². The number of aromatic amines is 1. The second-order valence-electron chi connectivity index (χ2n) is 3.83. The molecular formula is C8H16N6. The van der Waals surface area contributed by atoms with Gasteiger partial charge in [-0.05, 0) is 14.0 Å². The molecule has 78 valence electrons. The van der Waals surface area contributed by atoms with E-state index in [0.29, 0.717) is 17.9 Å². The maximum absolute atomic E-state index is 5.49. The summed E-state index contributed by atoms with van der Waals surface area (Å²) < 4.78 is 0. The quantitative estimate of drug-likeness (QED) is 0.635. The molecule has 1 fully saturated rings. The van der Waals surface area contributed by atoms with Crippen molar-refractivity contribution in [2.45, 2.75) is 13.0 Å². The lowest BCUT2D eigenvalue weighted by Crippen LogP contribution is -2.51. The molecule has 2 rings (SSSR count). The van der Waals surface area contributed by atoms with Gasteiger partial charge in [-0.15, -0.1) is 5.10 Å². The fourth-order valence-corrected chi connectivity index (χ4v) is 1.83. The van der Waals surface area contributed by atoms with Crippen molar-refractivity contribution in [3.05, 3.63) is 0 Å². The predicted molar refractivity (Wildman–Crippen MR) is 55.1 cm³/mol. The average Bonchev–Trinajstić information content (AvgIpc) is 2.51. The Morgan fingerprint density at radius 2 is 2.29 bits per heavy atom. The highest BCUT2D eigenvalue weighted by Gasteiger charge is 2.24. The number of nitrogens with one attached hydrogen (secondary N) is 1. The number of nitrogens with zero attached hydrogens (tertiary/aromatic N) is 4. The van der Waals surface area contributed by atoms with Crippen LogP contribution in [-0.4, -0.2) is 52.8 Å². The van der Waals surface area contributed by atoms with Gasteiger partial charge in [0.05, 0.1) is 0 Å². The number of piperazine rings is 1. The highest BCUT2D eigenvalue weighted by molar-refractivity contribution is 5.35. The van der Waals surface area contributed by atoms with Crippen LogP contribution in [0.1, 0.15) is 6.92 Å². The third-order valence-corrected chi connectivity index (χ3v) is 2.58. The first-order chi connectivity index (χ1) is 6.66. The lowest BCUT2D eigenvalue weighted by atomic mass is 10.2. The van der Waals surface area contributed by atoms with Gasteiger partial charge in [0.2, 0.25) is 11.9 Å². The molecule has 6 heteroatoms. The number of hydrogen-bond donors (Lipinski definition) is 2. The summed E-state index contributed by atoms with van der Waals surface area (Å²) in [7, 11) is 2.13. The molecule has 1 aromatic heterocycles. The summed E-state index contributed by atoms with van der Waals surface area (Å²) in [5.41, 5.74) is 5.49. The molecule has 1 saturated heterocycles. The number of hydrogen-bond acceptors (Lipinski definition) is 5. The van der Waals surface area contributed by atoms with Gasteiger partial charge in [0.25, 0.3) is 0 Å². The molecule has 1 atom stereocenters. The summed E-state index contributed by atoms with van der Waals surface area (Å²) in [5, 5.41) is 6.72. The zero-order valence-electron chi connectivity index (χ0n) is 8.56. The Hall–Kier alpha value is -1.30. The van der Waals surface area contributed by atoms with Gasteiger partial charge in [-0.1, -0.05) is 0 Å². The smallest absolute Gasteiger partial charge is 0.246 e. The molecule has 1 unspecified atom stereocenters. The summed E-state index contributed by atoms with van der Waals surface area (Å²) in [6.07, 6.45) is 0. The van der Waals surface area contributed by atoms with Crippen LogP contribution in [0.4, 0.5) is 11.9 Å². The Labute approximate surface area is 83.1 Å². The molecular weight excluding hydrogens is 180 g/mol. The molecule has 0 spiro atoms. The van der Waals surface area contributed by atoms with Crippen LogP contribution in [0.5, 0.6) is 0 Å². The van der Waals surface area contributed by atoms with Gasteiger partial charge < -0.3 is 15.5 Å². The van der Waals surface area contributed by atoms with Gasteiger partial charge in [0.15, 0.2) is 0 Å². The molecule has 0 aromatic carbocycles. The van der Waals surface area contributed by atoms with Gasteiger partial charge in [0.1, 0.15) is 0 Å². The van der Waals surface area contributed by atoms with E-state index in [0.717, 1.165) is 19.6 Å². The molecule has 1 aromatic rings. The van der Waals surface area contributed by atoms with E-state index >= 15 is 0 Å². The zero-order valence-corrected chi connectivity index (χ0v) is 8.56. The molecule has 1 aliphatic heterocycles. The molecule has 14 heavy (non-hydrogen) atoms. The van der Waals surface area contributed by atoms with E-state index in [-0.39, 0.29) is 0 Å². The number of aromatic nitrogens is 3. The predicted octanol–water partition coefficient (Wildman–Crippen LogP) is -0.473. The Morgan fingerprint density at radius 1 is 1.50 bits per heavy atom. The molecule has 3 N–H and O–H groups in total. The summed E-state index contributed by atoms with van der Waals surface area (Å²) in [6.45, 7) is 5.20. The minimum Gasteiger partial charge on any atom is -0.368 e. The van der Waals surface area contributed by atoms with Crippen LogP contribution in [0.15, 0.2) is 0 Å². The molecule has 0 radical (unpaired) electrons. The number of nitrogen functional groups attached to an aromatic ring is 1. The van der Waals surface area contributed by atoms with Crippen molar-refractivity contribution in [1.82, 2.24) is 20.1 Å². The average molecular weight is 196 g/mol. The van der Waals surface area contributed by atoms with Crippen molar-refractivity contribution in [3.63, 3.8) is 0 Å². The van der Waals surface area contributed by atoms with Gasteiger partial charge >= 0.3 is 0 Å². The van der Waals surface area contributed by atoms with Crippen LogP contribution >= 0.6 is 0 Å². The number of anilines is 2. The number of rotatable bonds is 1. The van der Waals surface area contributed by atoms with Gasteiger partial charge in [0, 0.05) is 25.7 Å². The second-order valence-corrected chi connectivity index (χ2v) is 3.83. The molecule has 0 aliphatic carbocycles. The standard InChI is InChI=1S/C8H16N6/c1-6-5-13(2)3-4-14(6)8-10-7(9)11-12-8/h6H,3-5H2,1-2H3,(H3,9,10,11,12). The van der Waals surface area contributed by atoms with Crippen molar-refractivity contribution < 1.29 is 0 Å². The molecule has 2 heterocycles. The Balaban J connectivity index is 2.11. The van der Waals surface area contributed by atoms with E-state index in [4.69, 9.17) is 5.73 Å². The van der Waals surface area contributed by atoms with Crippen molar-refractivity contribution in [3.8, 4) is 0 Å². The SMILES string of the molecule is CC1CN(C)CCN1c1n[nH]c(N)n1. The normalized spacial score (nSPS) is 24.1. The van der Waals surface area contributed by atoms with Crippen LogP contribution in [-0.2, 0) is 0 Å². The van der Waals surface area contributed by atoms with Crippen LogP contribution in [0, 0.1) is 0 Å². The Bertz CT molecular complexity index is 309. The van der Waals surface area contributed by atoms with Crippen molar-refractivity contribution in [2.24, 2.45) is 0 Å². The molecule has 0 amide bonds. The Morgan fingerprint density at radius 3 is 2.86 bits per heavy atom. The minimum atomic E-state index is 0.381. The van der Waals surface area contributed by atoms with Gasteiger partial charge in [-0.25, -0.2) is 5.10 Å². The lowest BCUT2D eigenvalue weighted by Gasteiger charge is -2.37. The highest BCUT2D eigenvalue weighted by Crippen LogP contribution is 2.15. The summed E-state index contributed by atoms with van der Waals surface area (Å²) >= 11 is 0.